The van der Waals surface area contributed by atoms with Gasteiger partial charge < -0.3 is 5.73 Å². The van der Waals surface area contributed by atoms with Gasteiger partial charge >= 0.3 is 5.82 Å². The number of azo groups is 1. The van der Waals surface area contributed by atoms with Gasteiger partial charge in [-0.05, 0) is 41.5 Å². The first-order valence-corrected chi connectivity index (χ1v) is 6.39. The van der Waals surface area contributed by atoms with E-state index in [0.29, 0.717) is 0 Å². The highest BCUT2D eigenvalue weighted by Crippen LogP contribution is 2.19. The van der Waals surface area contributed by atoms with Crippen LogP contribution >= 0.6 is 0 Å². The second-order valence-electron chi connectivity index (χ2n) is 4.60. The van der Waals surface area contributed by atoms with E-state index in [1.807, 2.05) is 60.1 Å². The van der Waals surface area contributed by atoms with Crippen molar-refractivity contribution < 1.29 is 4.57 Å². The molecule has 0 aliphatic rings. The first-order valence-electron chi connectivity index (χ1n) is 6.39. The first kappa shape index (κ1) is 12.3. The molecule has 0 spiro atoms. The van der Waals surface area contributed by atoms with Crippen LogP contribution in [0.4, 0.5) is 17.2 Å². The molecule has 0 aliphatic heterocycles. The molecule has 0 fully saturated rings. The zero-order valence-electron chi connectivity index (χ0n) is 11.2. The largest absolute Gasteiger partial charge is 0.399 e. The molecule has 0 aliphatic carbocycles. The van der Waals surface area contributed by atoms with Gasteiger partial charge in [-0.1, -0.05) is 18.2 Å². The van der Waals surface area contributed by atoms with Gasteiger partial charge in [0.05, 0.1) is 12.2 Å². The number of aryl methyl sites for hydroxylation is 1. The van der Waals surface area contributed by atoms with Crippen molar-refractivity contribution in [1.82, 2.24) is 0 Å². The fraction of sp³-hybridized carbons (Fsp3) is 0.0625. The molecule has 1 heterocycles. The van der Waals surface area contributed by atoms with E-state index in [9.17, 15) is 0 Å². The number of aromatic nitrogens is 1. The van der Waals surface area contributed by atoms with E-state index in [2.05, 4.69) is 22.4 Å². The number of hydrogen-bond acceptors (Lipinski definition) is 3. The average molecular weight is 263 g/mol. The zero-order valence-corrected chi connectivity index (χ0v) is 11.2. The molecule has 0 saturated carbocycles. The molecule has 0 atom stereocenters. The zero-order chi connectivity index (χ0) is 13.9. The number of anilines is 1. The van der Waals surface area contributed by atoms with E-state index >= 15 is 0 Å². The highest BCUT2D eigenvalue weighted by atomic mass is 15.2. The predicted octanol–water partition coefficient (Wildman–Crippen LogP) is 3.66. The molecule has 0 radical (unpaired) electrons. The van der Waals surface area contributed by atoms with Crippen molar-refractivity contribution >= 4 is 28.1 Å². The summed E-state index contributed by atoms with van der Waals surface area (Å²) in [5.74, 6) is 0.806. The summed E-state index contributed by atoms with van der Waals surface area (Å²) in [5, 5.41) is 9.72. The minimum atomic E-state index is 0.722. The number of nitrogens with zero attached hydrogens (tertiary/aromatic N) is 3. The summed E-state index contributed by atoms with van der Waals surface area (Å²) in [6.07, 6.45) is 0. The normalized spacial score (nSPS) is 11.2. The number of fused-ring (bicyclic) bond motifs is 1. The minimum Gasteiger partial charge on any atom is -0.399 e. The summed E-state index contributed by atoms with van der Waals surface area (Å²) >= 11 is 0. The van der Waals surface area contributed by atoms with Crippen molar-refractivity contribution in [3.05, 3.63) is 60.7 Å². The van der Waals surface area contributed by atoms with Gasteiger partial charge in [0, 0.05) is 17.1 Å². The van der Waals surface area contributed by atoms with Crippen molar-refractivity contribution in [2.45, 2.75) is 0 Å². The molecule has 3 rings (SSSR count). The Balaban J connectivity index is 1.98. The van der Waals surface area contributed by atoms with E-state index in [1.54, 1.807) is 0 Å². The van der Waals surface area contributed by atoms with Crippen LogP contribution in [0.15, 0.2) is 70.9 Å². The van der Waals surface area contributed by atoms with Crippen molar-refractivity contribution in [3.63, 3.8) is 0 Å². The average Bonchev–Trinajstić information content (AvgIpc) is 2.49. The molecule has 98 valence electrons. The van der Waals surface area contributed by atoms with Gasteiger partial charge in [-0.2, -0.15) is 0 Å². The Bertz CT molecular complexity index is 776. The SMILES string of the molecule is C[n+]1c(N=Nc2ccc(N)cc2)ccc2ccccc21. The van der Waals surface area contributed by atoms with Gasteiger partial charge in [0.15, 0.2) is 0 Å². The molecule has 4 nitrogen and oxygen atoms in total. The standard InChI is InChI=1S/C16H14N4/c1-20-15-5-3-2-4-12(15)6-11-16(20)19-18-14-9-7-13(17)8-10-14/h2-11,17H,1H3/p+1. The highest BCUT2D eigenvalue weighted by molar-refractivity contribution is 5.76. The molecule has 2 N–H and O–H groups in total. The number of benzene rings is 2. The molecule has 2 aromatic carbocycles. The number of nitrogen functional groups attached to an aromatic ring is 1. The van der Waals surface area contributed by atoms with Crippen LogP contribution in [0, 0.1) is 0 Å². The molecular formula is C16H15N4+. The first-order chi connectivity index (χ1) is 9.74. The second-order valence-corrected chi connectivity index (χ2v) is 4.60. The number of nitrogens with two attached hydrogens (primary N) is 1. The Morgan fingerprint density at radius 1 is 0.850 bits per heavy atom. The van der Waals surface area contributed by atoms with E-state index < -0.39 is 0 Å². The van der Waals surface area contributed by atoms with Crippen LogP contribution in [-0.2, 0) is 7.05 Å². The predicted molar refractivity (Wildman–Crippen MR) is 80.2 cm³/mol. The number of hydrogen-bond donors (Lipinski definition) is 1. The molecule has 4 heteroatoms. The lowest BCUT2D eigenvalue weighted by atomic mass is 10.2. The summed E-state index contributed by atoms with van der Waals surface area (Å²) in [6.45, 7) is 0. The molecular weight excluding hydrogens is 248 g/mol. The summed E-state index contributed by atoms with van der Waals surface area (Å²) in [7, 11) is 1.99. The van der Waals surface area contributed by atoms with Crippen LogP contribution in [0.5, 0.6) is 0 Å². The van der Waals surface area contributed by atoms with Gasteiger partial charge in [-0.3, -0.25) is 0 Å². The van der Waals surface area contributed by atoms with Crippen LogP contribution in [-0.4, -0.2) is 0 Å². The van der Waals surface area contributed by atoms with Gasteiger partial charge in [0.1, 0.15) is 11.2 Å². The third-order valence-electron chi connectivity index (χ3n) is 3.21. The van der Waals surface area contributed by atoms with Crippen molar-refractivity contribution in [3.8, 4) is 0 Å². The van der Waals surface area contributed by atoms with Crippen molar-refractivity contribution in [2.75, 3.05) is 5.73 Å². The monoisotopic (exact) mass is 263 g/mol. The van der Waals surface area contributed by atoms with E-state index in [1.165, 1.54) is 5.39 Å². The smallest absolute Gasteiger partial charge is 0.350 e. The lowest BCUT2D eigenvalue weighted by Crippen LogP contribution is -2.28. The summed E-state index contributed by atoms with van der Waals surface area (Å²) < 4.78 is 2.02. The second kappa shape index (κ2) is 5.09. The van der Waals surface area contributed by atoms with Gasteiger partial charge in [0.2, 0.25) is 0 Å². The van der Waals surface area contributed by atoms with E-state index in [-0.39, 0.29) is 0 Å². The van der Waals surface area contributed by atoms with E-state index in [4.69, 9.17) is 5.73 Å². The van der Waals surface area contributed by atoms with E-state index in [0.717, 1.165) is 22.7 Å². The molecule has 0 amide bonds. The summed E-state index contributed by atoms with van der Waals surface area (Å²) in [4.78, 5) is 0. The Morgan fingerprint density at radius 3 is 2.40 bits per heavy atom. The highest BCUT2D eigenvalue weighted by Gasteiger charge is 2.09. The summed E-state index contributed by atoms with van der Waals surface area (Å²) in [5.41, 5.74) is 8.28. The van der Waals surface area contributed by atoms with Crippen molar-refractivity contribution in [1.29, 1.82) is 0 Å². The van der Waals surface area contributed by atoms with Crippen LogP contribution in [0.25, 0.3) is 10.9 Å². The maximum atomic E-state index is 5.64. The molecule has 20 heavy (non-hydrogen) atoms. The maximum absolute atomic E-state index is 5.64. The Labute approximate surface area is 117 Å². The van der Waals surface area contributed by atoms with Crippen LogP contribution < -0.4 is 10.3 Å². The lowest BCUT2D eigenvalue weighted by Gasteiger charge is -1.99. The molecule has 0 saturated heterocycles. The Kier molecular flexibility index (Phi) is 3.13. The number of para-hydroxylation sites is 1. The fourth-order valence-corrected chi connectivity index (χ4v) is 2.08. The van der Waals surface area contributed by atoms with Crippen molar-refractivity contribution in [2.24, 2.45) is 17.3 Å². The number of pyridine rings is 1. The van der Waals surface area contributed by atoms with Crippen LogP contribution in [0.1, 0.15) is 0 Å². The Hall–Kier alpha value is -2.75. The van der Waals surface area contributed by atoms with Gasteiger partial charge in [-0.15, -0.1) is 0 Å². The Morgan fingerprint density at radius 2 is 1.60 bits per heavy atom. The third-order valence-corrected chi connectivity index (χ3v) is 3.21. The summed E-state index contributed by atoms with van der Waals surface area (Å²) in [6, 6.07) is 19.5. The lowest BCUT2D eigenvalue weighted by molar-refractivity contribution is -0.631. The maximum Gasteiger partial charge on any atom is 0.350 e. The molecule has 0 unspecified atom stereocenters. The molecule has 0 bridgehead atoms. The van der Waals surface area contributed by atoms with Crippen LogP contribution in [0.3, 0.4) is 0 Å². The van der Waals surface area contributed by atoms with Crippen LogP contribution in [0.2, 0.25) is 0 Å². The minimum absolute atomic E-state index is 0.722. The quantitative estimate of drug-likeness (QED) is 0.428. The number of rotatable bonds is 2. The molecule has 1 aromatic heterocycles. The van der Waals surface area contributed by atoms with Gasteiger partial charge in [0.25, 0.3) is 0 Å². The fourth-order valence-electron chi connectivity index (χ4n) is 2.08. The topological polar surface area (TPSA) is 54.6 Å². The van der Waals surface area contributed by atoms with Gasteiger partial charge in [-0.25, -0.2) is 4.57 Å². The third kappa shape index (κ3) is 2.36. The molecule has 3 aromatic rings.